The third-order valence-corrected chi connectivity index (χ3v) is 3.73. The number of carbonyl (C=O) groups excluding carboxylic acids is 1. The van der Waals surface area contributed by atoms with Crippen molar-refractivity contribution in [1.82, 2.24) is 0 Å². The largest absolute Gasteiger partial charge is 0.491 e. The summed E-state index contributed by atoms with van der Waals surface area (Å²) in [5, 5.41) is 4.92. The zero-order chi connectivity index (χ0) is 17.5. The molecule has 25 heavy (non-hydrogen) atoms. The molecule has 0 aromatic heterocycles. The fourth-order valence-corrected chi connectivity index (χ4v) is 2.56. The van der Waals surface area contributed by atoms with Gasteiger partial charge in [-0.3, -0.25) is 4.79 Å². The van der Waals surface area contributed by atoms with Crippen molar-refractivity contribution in [3.8, 4) is 11.5 Å². The molecule has 0 unspecified atom stereocenters. The van der Waals surface area contributed by atoms with E-state index in [-0.39, 0.29) is 12.5 Å². The second-order valence-electron chi connectivity index (χ2n) is 5.66. The molecule has 3 aromatic rings. The molecule has 4 heteroatoms. The van der Waals surface area contributed by atoms with Gasteiger partial charge in [0, 0.05) is 5.39 Å². The first-order valence-corrected chi connectivity index (χ1v) is 8.40. The number of fused-ring (bicyclic) bond motifs is 1. The molecule has 0 saturated heterocycles. The van der Waals surface area contributed by atoms with Gasteiger partial charge in [-0.15, -0.1) is 0 Å². The number of hydrogen-bond acceptors (Lipinski definition) is 3. The summed E-state index contributed by atoms with van der Waals surface area (Å²) < 4.78 is 11.4. The SMILES string of the molecule is CCCOc1ccccc1NC(=O)COc1cccc2ccccc12. The van der Waals surface area contributed by atoms with Crippen LogP contribution in [0.25, 0.3) is 10.8 Å². The number of rotatable bonds is 7. The van der Waals surface area contributed by atoms with Gasteiger partial charge in [-0.25, -0.2) is 0 Å². The molecule has 0 radical (unpaired) electrons. The number of anilines is 1. The first-order valence-electron chi connectivity index (χ1n) is 8.40. The van der Waals surface area contributed by atoms with Gasteiger partial charge >= 0.3 is 0 Å². The van der Waals surface area contributed by atoms with Crippen molar-refractivity contribution >= 4 is 22.4 Å². The molecule has 4 nitrogen and oxygen atoms in total. The van der Waals surface area contributed by atoms with Crippen LogP contribution < -0.4 is 14.8 Å². The Morgan fingerprint density at radius 2 is 1.60 bits per heavy atom. The lowest BCUT2D eigenvalue weighted by molar-refractivity contribution is -0.118. The van der Waals surface area contributed by atoms with E-state index in [0.717, 1.165) is 17.2 Å². The molecule has 3 aromatic carbocycles. The Bertz CT molecular complexity index is 855. The quantitative estimate of drug-likeness (QED) is 0.684. The van der Waals surface area contributed by atoms with E-state index in [1.807, 2.05) is 73.7 Å². The summed E-state index contributed by atoms with van der Waals surface area (Å²) in [6.07, 6.45) is 0.909. The fraction of sp³-hybridized carbons (Fsp3) is 0.190. The summed E-state index contributed by atoms with van der Waals surface area (Å²) in [6.45, 7) is 2.59. The predicted molar refractivity (Wildman–Crippen MR) is 100 cm³/mol. The van der Waals surface area contributed by atoms with E-state index in [0.29, 0.717) is 23.8 Å². The van der Waals surface area contributed by atoms with Crippen molar-refractivity contribution in [3.05, 3.63) is 66.7 Å². The number of amides is 1. The fourth-order valence-electron chi connectivity index (χ4n) is 2.56. The van der Waals surface area contributed by atoms with Crippen molar-refractivity contribution < 1.29 is 14.3 Å². The minimum Gasteiger partial charge on any atom is -0.491 e. The standard InChI is InChI=1S/C21H21NO3/c1-2-14-24-20-12-6-5-11-18(20)22-21(23)15-25-19-13-7-9-16-8-3-4-10-17(16)19/h3-13H,2,14-15H2,1H3,(H,22,23). The van der Waals surface area contributed by atoms with Crippen LogP contribution in [-0.4, -0.2) is 19.1 Å². The van der Waals surface area contributed by atoms with E-state index in [1.165, 1.54) is 0 Å². The Morgan fingerprint density at radius 3 is 2.48 bits per heavy atom. The van der Waals surface area contributed by atoms with Gasteiger partial charge in [0.05, 0.1) is 12.3 Å². The van der Waals surface area contributed by atoms with Crippen LogP contribution in [0.5, 0.6) is 11.5 Å². The number of ether oxygens (including phenoxy) is 2. The van der Waals surface area contributed by atoms with E-state index < -0.39 is 0 Å². The Kier molecular flexibility index (Phi) is 5.52. The van der Waals surface area contributed by atoms with Crippen LogP contribution >= 0.6 is 0 Å². The molecule has 0 aliphatic heterocycles. The first-order chi connectivity index (χ1) is 12.3. The van der Waals surface area contributed by atoms with Crippen LogP contribution in [-0.2, 0) is 4.79 Å². The van der Waals surface area contributed by atoms with Gasteiger partial charge < -0.3 is 14.8 Å². The topological polar surface area (TPSA) is 47.6 Å². The van der Waals surface area contributed by atoms with Gasteiger partial charge in [0.2, 0.25) is 0 Å². The number of para-hydroxylation sites is 2. The molecule has 0 fully saturated rings. The van der Waals surface area contributed by atoms with E-state index >= 15 is 0 Å². The molecule has 0 bridgehead atoms. The normalized spacial score (nSPS) is 10.4. The third kappa shape index (κ3) is 4.29. The second kappa shape index (κ2) is 8.20. The molecular formula is C21H21NO3. The van der Waals surface area contributed by atoms with Crippen molar-refractivity contribution in [3.63, 3.8) is 0 Å². The average Bonchev–Trinajstić information content (AvgIpc) is 2.65. The number of benzene rings is 3. The Morgan fingerprint density at radius 1 is 0.880 bits per heavy atom. The van der Waals surface area contributed by atoms with Gasteiger partial charge in [0.1, 0.15) is 11.5 Å². The number of nitrogens with one attached hydrogen (secondary N) is 1. The number of hydrogen-bond donors (Lipinski definition) is 1. The van der Waals surface area contributed by atoms with Gasteiger partial charge in [-0.1, -0.05) is 55.5 Å². The highest BCUT2D eigenvalue weighted by molar-refractivity contribution is 5.94. The zero-order valence-electron chi connectivity index (χ0n) is 14.2. The van der Waals surface area contributed by atoms with Crippen LogP contribution in [0.2, 0.25) is 0 Å². The van der Waals surface area contributed by atoms with E-state index in [2.05, 4.69) is 5.32 Å². The summed E-state index contributed by atoms with van der Waals surface area (Å²) in [4.78, 5) is 12.3. The summed E-state index contributed by atoms with van der Waals surface area (Å²) >= 11 is 0. The number of carbonyl (C=O) groups is 1. The minimum atomic E-state index is -0.222. The van der Waals surface area contributed by atoms with E-state index in [9.17, 15) is 4.79 Å². The van der Waals surface area contributed by atoms with Crippen LogP contribution in [0, 0.1) is 0 Å². The van der Waals surface area contributed by atoms with Gasteiger partial charge in [-0.05, 0) is 30.0 Å². The van der Waals surface area contributed by atoms with Crippen LogP contribution in [0.15, 0.2) is 66.7 Å². The highest BCUT2D eigenvalue weighted by Gasteiger charge is 2.09. The molecule has 1 amide bonds. The summed E-state index contributed by atoms with van der Waals surface area (Å²) in [5.74, 6) is 1.15. The summed E-state index contributed by atoms with van der Waals surface area (Å²) in [5.41, 5.74) is 0.655. The molecule has 3 rings (SSSR count). The van der Waals surface area contributed by atoms with E-state index in [4.69, 9.17) is 9.47 Å². The predicted octanol–water partition coefficient (Wildman–Crippen LogP) is 4.65. The van der Waals surface area contributed by atoms with Crippen molar-refractivity contribution in [2.45, 2.75) is 13.3 Å². The molecule has 0 saturated carbocycles. The molecule has 0 heterocycles. The monoisotopic (exact) mass is 335 g/mol. The van der Waals surface area contributed by atoms with Gasteiger partial charge in [0.25, 0.3) is 5.91 Å². The lowest BCUT2D eigenvalue weighted by atomic mass is 10.1. The Balaban J connectivity index is 1.65. The summed E-state index contributed by atoms with van der Waals surface area (Å²) in [7, 11) is 0. The highest BCUT2D eigenvalue weighted by Crippen LogP contribution is 2.26. The average molecular weight is 335 g/mol. The molecular weight excluding hydrogens is 314 g/mol. The van der Waals surface area contributed by atoms with Gasteiger partial charge in [-0.2, -0.15) is 0 Å². The van der Waals surface area contributed by atoms with Crippen molar-refractivity contribution in [1.29, 1.82) is 0 Å². The second-order valence-corrected chi connectivity index (χ2v) is 5.66. The van der Waals surface area contributed by atoms with Crippen LogP contribution in [0.3, 0.4) is 0 Å². The lowest BCUT2D eigenvalue weighted by Crippen LogP contribution is -2.20. The maximum Gasteiger partial charge on any atom is 0.262 e. The molecule has 0 spiro atoms. The van der Waals surface area contributed by atoms with Gasteiger partial charge in [0.15, 0.2) is 6.61 Å². The Labute approximate surface area is 147 Å². The maximum absolute atomic E-state index is 12.3. The molecule has 1 N–H and O–H groups in total. The van der Waals surface area contributed by atoms with Crippen LogP contribution in [0.4, 0.5) is 5.69 Å². The van der Waals surface area contributed by atoms with Crippen LogP contribution in [0.1, 0.15) is 13.3 Å². The highest BCUT2D eigenvalue weighted by atomic mass is 16.5. The minimum absolute atomic E-state index is 0.0594. The molecule has 128 valence electrons. The van der Waals surface area contributed by atoms with Crippen molar-refractivity contribution in [2.75, 3.05) is 18.5 Å². The Hall–Kier alpha value is -3.01. The maximum atomic E-state index is 12.3. The third-order valence-electron chi connectivity index (χ3n) is 3.73. The molecule has 0 aliphatic carbocycles. The van der Waals surface area contributed by atoms with Crippen molar-refractivity contribution in [2.24, 2.45) is 0 Å². The summed E-state index contributed by atoms with van der Waals surface area (Å²) in [6, 6.07) is 21.1. The van der Waals surface area contributed by atoms with E-state index in [1.54, 1.807) is 0 Å². The first kappa shape index (κ1) is 16.8. The molecule has 0 atom stereocenters. The zero-order valence-corrected chi connectivity index (χ0v) is 14.2. The lowest BCUT2D eigenvalue weighted by Gasteiger charge is -2.13. The molecule has 0 aliphatic rings. The smallest absolute Gasteiger partial charge is 0.262 e.